The number of sulfonamides is 1. The summed E-state index contributed by atoms with van der Waals surface area (Å²) in [4.78, 5) is 41.7. The van der Waals surface area contributed by atoms with Gasteiger partial charge in [-0.25, -0.2) is 13.1 Å². The van der Waals surface area contributed by atoms with Crippen molar-refractivity contribution >= 4 is 27.7 Å². The van der Waals surface area contributed by atoms with E-state index in [-0.39, 0.29) is 31.7 Å². The van der Waals surface area contributed by atoms with Crippen molar-refractivity contribution in [2.24, 2.45) is 11.5 Å². The van der Waals surface area contributed by atoms with E-state index >= 15 is 0 Å². The molecule has 0 radical (unpaired) electrons. The first-order valence-corrected chi connectivity index (χ1v) is 20.7. The average molecular weight is 825 g/mol. The number of carbonyl (C=O) groups is 3. The van der Waals surface area contributed by atoms with Crippen LogP contribution in [-0.2, 0) is 49.5 Å². The Hall–Kier alpha value is -5.29. The Morgan fingerprint density at radius 3 is 1.76 bits per heavy atom. The van der Waals surface area contributed by atoms with Gasteiger partial charge in [0.15, 0.2) is 0 Å². The molecule has 0 aromatic heterocycles. The summed E-state index contributed by atoms with van der Waals surface area (Å²) in [6.45, 7) is 0.815. The van der Waals surface area contributed by atoms with Crippen LogP contribution in [0.25, 0.3) is 0 Å². The van der Waals surface area contributed by atoms with Crippen LogP contribution >= 0.6 is 0 Å². The second-order valence-corrected chi connectivity index (χ2v) is 15.5. The Balaban J connectivity index is 1.53. The lowest BCUT2D eigenvalue weighted by atomic mass is 10.0. The van der Waals surface area contributed by atoms with Crippen molar-refractivity contribution in [1.29, 1.82) is 0 Å². The fraction of sp³-hybridized carbons (Fsp3) is 0.357. The fourth-order valence-electron chi connectivity index (χ4n) is 5.97. The summed E-state index contributed by atoms with van der Waals surface area (Å²) >= 11 is 0. The Bertz CT molecular complexity index is 1990. The lowest BCUT2D eigenvalue weighted by Crippen LogP contribution is -2.55. The van der Waals surface area contributed by atoms with E-state index in [0.29, 0.717) is 61.2 Å². The molecule has 0 aliphatic heterocycles. The number of unbranched alkanes of at least 4 members (excludes halogenated alkanes) is 2. The summed E-state index contributed by atoms with van der Waals surface area (Å²) < 4.78 is 73.6. The highest BCUT2D eigenvalue weighted by Gasteiger charge is 2.32. The third-order valence-corrected chi connectivity index (χ3v) is 10.5. The second kappa shape index (κ2) is 22.6. The predicted molar refractivity (Wildman–Crippen MR) is 215 cm³/mol. The van der Waals surface area contributed by atoms with Gasteiger partial charge < -0.3 is 32.2 Å². The van der Waals surface area contributed by atoms with Crippen LogP contribution in [0.1, 0.15) is 72.4 Å². The van der Waals surface area contributed by atoms with Gasteiger partial charge in [0.25, 0.3) is 0 Å². The van der Waals surface area contributed by atoms with Crippen LogP contribution in [0, 0.1) is 0 Å². The maximum atomic E-state index is 14.1. The molecular formula is C42H51F3N6O6S. The van der Waals surface area contributed by atoms with E-state index in [2.05, 4.69) is 20.7 Å². The number of benzene rings is 4. The quantitative estimate of drug-likeness (QED) is 0.0564. The van der Waals surface area contributed by atoms with Gasteiger partial charge in [0, 0.05) is 6.54 Å². The third kappa shape index (κ3) is 15.2. The van der Waals surface area contributed by atoms with Crippen molar-refractivity contribution in [2.75, 3.05) is 13.1 Å². The van der Waals surface area contributed by atoms with Gasteiger partial charge in [0.1, 0.15) is 30.5 Å². The Kier molecular flexibility index (Phi) is 17.7. The summed E-state index contributed by atoms with van der Waals surface area (Å²) in [7, 11) is -3.98. The molecule has 0 bridgehead atoms. The molecule has 0 spiro atoms. The van der Waals surface area contributed by atoms with E-state index < -0.39 is 57.6 Å². The number of alkyl halides is 3. The molecule has 0 aliphatic rings. The highest BCUT2D eigenvalue weighted by molar-refractivity contribution is 7.88. The first-order valence-electron chi connectivity index (χ1n) is 19.0. The third-order valence-electron chi connectivity index (χ3n) is 9.12. The zero-order chi connectivity index (χ0) is 42.0. The lowest BCUT2D eigenvalue weighted by Gasteiger charge is -2.26. The second-order valence-electron chi connectivity index (χ2n) is 13.7. The van der Waals surface area contributed by atoms with Gasteiger partial charge in [-0.3, -0.25) is 14.4 Å². The van der Waals surface area contributed by atoms with E-state index in [1.165, 1.54) is 12.1 Å². The molecule has 12 nitrogen and oxygen atoms in total. The van der Waals surface area contributed by atoms with Crippen molar-refractivity contribution in [3.05, 3.63) is 137 Å². The van der Waals surface area contributed by atoms with Crippen LogP contribution in [0.5, 0.6) is 5.75 Å². The van der Waals surface area contributed by atoms with Crippen LogP contribution in [0.15, 0.2) is 109 Å². The molecule has 4 rings (SSSR count). The number of ether oxygens (including phenoxy) is 1. The van der Waals surface area contributed by atoms with Crippen molar-refractivity contribution in [3.8, 4) is 5.75 Å². The molecule has 0 fully saturated rings. The summed E-state index contributed by atoms with van der Waals surface area (Å²) in [6, 6.07) is 24.9. The molecule has 0 unspecified atom stereocenters. The minimum atomic E-state index is -4.46. The van der Waals surface area contributed by atoms with Gasteiger partial charge in [0.2, 0.25) is 27.7 Å². The number of carbonyl (C=O) groups excluding carboxylic acids is 3. The molecule has 3 atom stereocenters. The molecule has 58 heavy (non-hydrogen) atoms. The molecule has 0 saturated carbocycles. The summed E-state index contributed by atoms with van der Waals surface area (Å²) in [5.74, 6) is -1.92. The molecule has 4 aromatic carbocycles. The van der Waals surface area contributed by atoms with Gasteiger partial charge >= 0.3 is 6.18 Å². The van der Waals surface area contributed by atoms with Crippen LogP contribution in [0.2, 0.25) is 0 Å². The number of hydrogen-bond acceptors (Lipinski definition) is 8. The van der Waals surface area contributed by atoms with Crippen molar-refractivity contribution in [3.63, 3.8) is 0 Å². The molecule has 16 heteroatoms. The normalized spacial score (nSPS) is 13.2. The first-order chi connectivity index (χ1) is 27.8. The highest BCUT2D eigenvalue weighted by Crippen LogP contribution is 2.29. The standard InChI is InChI=1S/C42H51F3N6O6S/c43-42(44,45)34-21-17-31(18-22-34)28-57-35-23-19-33(20-24-35)38(41(54)48-27-30-11-3-1-4-12-30)50-39(52)36(15-7-9-25-46)49-40(53)37(16-8-10-26-47)51-58(55,56)29-32-13-5-2-6-14-32/h1-6,11-14,17-24,36-38,51H,7-10,15-16,25-29,46-47H2,(H,48,54)(H,49,53)(H,50,52)/t36-,37-,38-/m0/s1. The van der Waals surface area contributed by atoms with E-state index in [1.807, 2.05) is 30.3 Å². The molecular weight excluding hydrogens is 774 g/mol. The largest absolute Gasteiger partial charge is 0.489 e. The SMILES string of the molecule is NCCCC[C@H](NC(=O)[C@H](CCCCN)NS(=O)(=O)Cc1ccccc1)C(=O)N[C@H](C(=O)NCc1ccccc1)c1ccc(OCc2ccc(C(F)(F)F)cc2)cc1. The molecule has 3 amide bonds. The highest BCUT2D eigenvalue weighted by atomic mass is 32.2. The summed E-state index contributed by atoms with van der Waals surface area (Å²) in [5, 5.41) is 8.36. The van der Waals surface area contributed by atoms with Crippen molar-refractivity contribution in [1.82, 2.24) is 20.7 Å². The number of rotatable bonds is 23. The Morgan fingerprint density at radius 2 is 1.19 bits per heavy atom. The molecule has 0 heterocycles. The van der Waals surface area contributed by atoms with Gasteiger partial charge in [-0.15, -0.1) is 0 Å². The van der Waals surface area contributed by atoms with E-state index in [1.54, 1.807) is 54.6 Å². The van der Waals surface area contributed by atoms with Crippen LogP contribution in [0.3, 0.4) is 0 Å². The van der Waals surface area contributed by atoms with Gasteiger partial charge in [-0.05, 0) is 91.7 Å². The first kappa shape index (κ1) is 45.4. The number of amides is 3. The molecule has 8 N–H and O–H groups in total. The maximum absolute atomic E-state index is 14.1. The monoisotopic (exact) mass is 824 g/mol. The lowest BCUT2D eigenvalue weighted by molar-refractivity contribution is -0.137. The minimum absolute atomic E-state index is 0.0188. The predicted octanol–water partition coefficient (Wildman–Crippen LogP) is 4.99. The van der Waals surface area contributed by atoms with Gasteiger partial charge in [-0.1, -0.05) is 91.3 Å². The Morgan fingerprint density at radius 1 is 0.638 bits per heavy atom. The number of hydrogen-bond donors (Lipinski definition) is 6. The summed E-state index contributed by atoms with van der Waals surface area (Å²) in [5.41, 5.74) is 12.9. The van der Waals surface area contributed by atoms with Crippen LogP contribution in [-0.4, -0.2) is 51.3 Å². The van der Waals surface area contributed by atoms with Crippen molar-refractivity contribution < 1.29 is 40.7 Å². The average Bonchev–Trinajstić information content (AvgIpc) is 3.21. The van der Waals surface area contributed by atoms with Crippen LogP contribution < -0.4 is 36.9 Å². The van der Waals surface area contributed by atoms with Crippen LogP contribution in [0.4, 0.5) is 13.2 Å². The molecule has 4 aromatic rings. The van der Waals surface area contributed by atoms with Crippen molar-refractivity contribution in [2.45, 2.75) is 81.7 Å². The minimum Gasteiger partial charge on any atom is -0.489 e. The number of nitrogens with two attached hydrogens (primary N) is 2. The topological polar surface area (TPSA) is 195 Å². The number of nitrogens with one attached hydrogen (secondary N) is 4. The molecule has 0 saturated heterocycles. The maximum Gasteiger partial charge on any atom is 0.416 e. The molecule has 312 valence electrons. The molecule has 0 aliphatic carbocycles. The van der Waals surface area contributed by atoms with Gasteiger partial charge in [0.05, 0.1) is 11.3 Å². The number of halogens is 3. The zero-order valence-corrected chi connectivity index (χ0v) is 32.9. The van der Waals surface area contributed by atoms with E-state index in [9.17, 15) is 36.0 Å². The fourth-order valence-corrected chi connectivity index (χ4v) is 7.34. The summed E-state index contributed by atoms with van der Waals surface area (Å²) in [6.07, 6.45) is -2.20. The van der Waals surface area contributed by atoms with E-state index in [0.717, 1.165) is 17.7 Å². The van der Waals surface area contributed by atoms with E-state index in [4.69, 9.17) is 16.2 Å². The van der Waals surface area contributed by atoms with Gasteiger partial charge in [-0.2, -0.15) is 13.2 Å². The zero-order valence-electron chi connectivity index (χ0n) is 32.0. The Labute approximate surface area is 337 Å². The smallest absolute Gasteiger partial charge is 0.416 e.